The SMILES string of the molecule is CCOc1c[c]ccc1OC(C)CN(C)C. The van der Waals surface area contributed by atoms with Crippen LogP contribution in [0, 0.1) is 6.07 Å². The maximum absolute atomic E-state index is 5.82. The van der Waals surface area contributed by atoms with E-state index in [1.807, 2.05) is 40.1 Å². The molecule has 1 aromatic rings. The van der Waals surface area contributed by atoms with Crippen LogP contribution in [0.25, 0.3) is 0 Å². The first-order valence-electron chi connectivity index (χ1n) is 5.57. The number of benzene rings is 1. The molecule has 0 aliphatic rings. The molecule has 0 aliphatic heterocycles. The van der Waals surface area contributed by atoms with Crippen molar-refractivity contribution < 1.29 is 9.47 Å². The highest BCUT2D eigenvalue weighted by Gasteiger charge is 2.09. The average molecular weight is 222 g/mol. The van der Waals surface area contributed by atoms with E-state index < -0.39 is 0 Å². The van der Waals surface area contributed by atoms with Gasteiger partial charge in [-0.05, 0) is 46.1 Å². The van der Waals surface area contributed by atoms with Crippen LogP contribution in [0.1, 0.15) is 13.8 Å². The molecular formula is C13H20NO2. The van der Waals surface area contributed by atoms with Crippen molar-refractivity contribution in [1.82, 2.24) is 4.90 Å². The van der Waals surface area contributed by atoms with Crippen molar-refractivity contribution in [3.05, 3.63) is 24.3 Å². The number of rotatable bonds is 6. The maximum Gasteiger partial charge on any atom is 0.161 e. The van der Waals surface area contributed by atoms with Crippen LogP contribution in [0.2, 0.25) is 0 Å². The lowest BCUT2D eigenvalue weighted by Gasteiger charge is -2.20. The summed E-state index contributed by atoms with van der Waals surface area (Å²) in [7, 11) is 4.06. The molecule has 0 spiro atoms. The van der Waals surface area contributed by atoms with Crippen molar-refractivity contribution in [2.45, 2.75) is 20.0 Å². The Morgan fingerprint density at radius 1 is 1.38 bits per heavy atom. The molecule has 3 nitrogen and oxygen atoms in total. The quantitative estimate of drug-likeness (QED) is 0.736. The first-order chi connectivity index (χ1) is 7.63. The van der Waals surface area contributed by atoms with Crippen molar-refractivity contribution in [2.24, 2.45) is 0 Å². The molecule has 1 atom stereocenters. The molecule has 0 aromatic heterocycles. The molecule has 89 valence electrons. The van der Waals surface area contributed by atoms with E-state index in [1.54, 1.807) is 6.07 Å². The van der Waals surface area contributed by atoms with Crippen LogP contribution < -0.4 is 9.47 Å². The summed E-state index contributed by atoms with van der Waals surface area (Å²) in [6.45, 7) is 5.52. The second-order valence-corrected chi connectivity index (χ2v) is 4.00. The van der Waals surface area contributed by atoms with Gasteiger partial charge in [-0.25, -0.2) is 0 Å². The molecule has 1 aromatic carbocycles. The van der Waals surface area contributed by atoms with E-state index in [4.69, 9.17) is 9.47 Å². The van der Waals surface area contributed by atoms with Crippen LogP contribution >= 0.6 is 0 Å². The Balaban J connectivity index is 2.64. The van der Waals surface area contributed by atoms with Gasteiger partial charge in [0.1, 0.15) is 6.10 Å². The molecule has 1 unspecified atom stereocenters. The zero-order chi connectivity index (χ0) is 12.0. The van der Waals surface area contributed by atoms with Gasteiger partial charge in [-0.2, -0.15) is 0 Å². The van der Waals surface area contributed by atoms with Gasteiger partial charge in [0, 0.05) is 6.54 Å². The predicted octanol–water partition coefficient (Wildman–Crippen LogP) is 2.21. The van der Waals surface area contributed by atoms with E-state index in [0.29, 0.717) is 6.61 Å². The number of hydrogen-bond donors (Lipinski definition) is 0. The number of likely N-dealkylation sites (N-methyl/N-ethyl adjacent to an activating group) is 1. The van der Waals surface area contributed by atoms with Crippen molar-refractivity contribution in [3.63, 3.8) is 0 Å². The van der Waals surface area contributed by atoms with E-state index >= 15 is 0 Å². The predicted molar refractivity (Wildman–Crippen MR) is 65.1 cm³/mol. The zero-order valence-electron chi connectivity index (χ0n) is 10.5. The minimum absolute atomic E-state index is 0.136. The van der Waals surface area contributed by atoms with Gasteiger partial charge in [0.15, 0.2) is 11.5 Å². The minimum atomic E-state index is 0.136. The third kappa shape index (κ3) is 4.11. The zero-order valence-corrected chi connectivity index (χ0v) is 10.5. The lowest BCUT2D eigenvalue weighted by Crippen LogP contribution is -2.28. The van der Waals surface area contributed by atoms with E-state index in [9.17, 15) is 0 Å². The molecule has 1 radical (unpaired) electrons. The second-order valence-electron chi connectivity index (χ2n) is 4.00. The van der Waals surface area contributed by atoms with Crippen LogP contribution in [0.3, 0.4) is 0 Å². The van der Waals surface area contributed by atoms with Gasteiger partial charge in [0.25, 0.3) is 0 Å². The van der Waals surface area contributed by atoms with Gasteiger partial charge in [-0.15, -0.1) is 0 Å². The summed E-state index contributed by atoms with van der Waals surface area (Å²) >= 11 is 0. The highest BCUT2D eigenvalue weighted by Crippen LogP contribution is 2.27. The van der Waals surface area contributed by atoms with Crippen molar-refractivity contribution in [2.75, 3.05) is 27.2 Å². The van der Waals surface area contributed by atoms with Gasteiger partial charge < -0.3 is 14.4 Å². The highest BCUT2D eigenvalue weighted by molar-refractivity contribution is 5.39. The molecule has 0 saturated carbocycles. The molecule has 3 heteroatoms. The standard InChI is InChI=1S/C13H20NO2/c1-5-15-12-8-6-7-9-13(12)16-11(2)10-14(3)4/h7-9,11H,5,10H2,1-4H3. The molecule has 16 heavy (non-hydrogen) atoms. The molecule has 0 N–H and O–H groups in total. The summed E-state index contributed by atoms with van der Waals surface area (Å²) in [6.07, 6.45) is 0.136. The fourth-order valence-corrected chi connectivity index (χ4v) is 1.53. The van der Waals surface area contributed by atoms with Crippen LogP contribution in [0.4, 0.5) is 0 Å². The average Bonchev–Trinajstić information content (AvgIpc) is 2.20. The first-order valence-corrected chi connectivity index (χ1v) is 5.57. The topological polar surface area (TPSA) is 21.7 Å². The summed E-state index contributed by atoms with van der Waals surface area (Å²) in [4.78, 5) is 2.10. The Labute approximate surface area is 98.0 Å². The van der Waals surface area contributed by atoms with E-state index in [1.165, 1.54) is 0 Å². The highest BCUT2D eigenvalue weighted by atomic mass is 16.5. The van der Waals surface area contributed by atoms with Crippen LogP contribution in [0.15, 0.2) is 18.2 Å². The smallest absolute Gasteiger partial charge is 0.161 e. The van der Waals surface area contributed by atoms with Crippen LogP contribution in [-0.4, -0.2) is 38.3 Å². The first kappa shape index (κ1) is 12.8. The lowest BCUT2D eigenvalue weighted by molar-refractivity contribution is 0.168. The van der Waals surface area contributed by atoms with E-state index in [2.05, 4.69) is 11.0 Å². The van der Waals surface area contributed by atoms with E-state index in [-0.39, 0.29) is 6.10 Å². The van der Waals surface area contributed by atoms with Gasteiger partial charge in [0.2, 0.25) is 0 Å². The van der Waals surface area contributed by atoms with Gasteiger partial charge in [-0.1, -0.05) is 6.07 Å². The summed E-state index contributed by atoms with van der Waals surface area (Å²) in [5, 5.41) is 0. The maximum atomic E-state index is 5.82. The van der Waals surface area contributed by atoms with E-state index in [0.717, 1.165) is 18.0 Å². The van der Waals surface area contributed by atoms with Gasteiger partial charge >= 0.3 is 0 Å². The van der Waals surface area contributed by atoms with Crippen molar-refractivity contribution in [1.29, 1.82) is 0 Å². The fraction of sp³-hybridized carbons (Fsp3) is 0.538. The third-order valence-corrected chi connectivity index (χ3v) is 2.04. The summed E-state index contributed by atoms with van der Waals surface area (Å²) < 4.78 is 11.3. The van der Waals surface area contributed by atoms with Gasteiger partial charge in [0.05, 0.1) is 6.61 Å². The van der Waals surface area contributed by atoms with Crippen LogP contribution in [0.5, 0.6) is 11.5 Å². The fourth-order valence-electron chi connectivity index (χ4n) is 1.53. The second kappa shape index (κ2) is 6.38. The number of ether oxygens (including phenoxy) is 2. The third-order valence-electron chi connectivity index (χ3n) is 2.04. The normalized spacial score (nSPS) is 12.6. The Hall–Kier alpha value is -1.22. The minimum Gasteiger partial charge on any atom is -0.490 e. The van der Waals surface area contributed by atoms with Crippen molar-refractivity contribution in [3.8, 4) is 11.5 Å². The summed E-state index contributed by atoms with van der Waals surface area (Å²) in [6, 6.07) is 8.51. The largest absolute Gasteiger partial charge is 0.490 e. The number of nitrogens with zero attached hydrogens (tertiary/aromatic N) is 1. The molecule has 0 amide bonds. The summed E-state index contributed by atoms with van der Waals surface area (Å²) in [5.41, 5.74) is 0. The lowest BCUT2D eigenvalue weighted by atomic mass is 10.3. The molecule has 0 heterocycles. The molecule has 0 fully saturated rings. The van der Waals surface area contributed by atoms with Gasteiger partial charge in [-0.3, -0.25) is 0 Å². The van der Waals surface area contributed by atoms with Crippen molar-refractivity contribution >= 4 is 0 Å². The van der Waals surface area contributed by atoms with Crippen LogP contribution in [-0.2, 0) is 0 Å². The Bertz CT molecular complexity index is 313. The molecule has 0 bridgehead atoms. The molecular weight excluding hydrogens is 202 g/mol. The Kier molecular flexibility index (Phi) is 5.12. The monoisotopic (exact) mass is 222 g/mol. The molecule has 0 aliphatic carbocycles. The molecule has 1 rings (SSSR count). The Morgan fingerprint density at radius 2 is 2.12 bits per heavy atom. The molecule has 0 saturated heterocycles. The Morgan fingerprint density at radius 3 is 2.75 bits per heavy atom. The summed E-state index contributed by atoms with van der Waals surface area (Å²) in [5.74, 6) is 1.55. The number of hydrogen-bond acceptors (Lipinski definition) is 3.